The van der Waals surface area contributed by atoms with E-state index in [1.54, 1.807) is 6.07 Å². The second-order valence-electron chi connectivity index (χ2n) is 2.86. The molecule has 0 radical (unpaired) electrons. The van der Waals surface area contributed by atoms with Crippen LogP contribution >= 0.6 is 0 Å². The molecule has 1 aliphatic heterocycles. The predicted octanol–water partition coefficient (Wildman–Crippen LogP) is 0.950. The number of hydrogen-bond donors (Lipinski definition) is 3. The maximum Gasteiger partial charge on any atom is 0.159 e. The molecule has 0 unspecified atom stereocenters. The first-order chi connectivity index (χ1) is 6.75. The number of amidine groups is 1. The van der Waals surface area contributed by atoms with Gasteiger partial charge in [0.05, 0.1) is 6.54 Å². The van der Waals surface area contributed by atoms with Crippen molar-refractivity contribution >= 4 is 17.9 Å². The quantitative estimate of drug-likeness (QED) is 0.457. The van der Waals surface area contributed by atoms with Gasteiger partial charge in [0.25, 0.3) is 0 Å². The average Bonchev–Trinajstić information content (AvgIpc) is 2.64. The number of anilines is 1. The van der Waals surface area contributed by atoms with Gasteiger partial charge in [-0.1, -0.05) is 0 Å². The first kappa shape index (κ1) is 8.55. The van der Waals surface area contributed by atoms with Crippen molar-refractivity contribution in [1.29, 1.82) is 0 Å². The van der Waals surface area contributed by atoms with Crippen molar-refractivity contribution < 1.29 is 10.2 Å². The van der Waals surface area contributed by atoms with E-state index in [2.05, 4.69) is 15.3 Å². The summed E-state index contributed by atoms with van der Waals surface area (Å²) in [6.45, 7) is 0.516. The van der Waals surface area contributed by atoms with Gasteiger partial charge in [-0.2, -0.15) is 0 Å². The van der Waals surface area contributed by atoms with Crippen LogP contribution in [0.5, 0.6) is 11.5 Å². The van der Waals surface area contributed by atoms with Crippen molar-refractivity contribution in [2.24, 2.45) is 9.98 Å². The number of phenols is 2. The zero-order valence-corrected chi connectivity index (χ0v) is 7.31. The van der Waals surface area contributed by atoms with Crippen LogP contribution in [0.15, 0.2) is 28.2 Å². The summed E-state index contributed by atoms with van der Waals surface area (Å²) in [4.78, 5) is 7.85. The van der Waals surface area contributed by atoms with Gasteiger partial charge < -0.3 is 15.5 Å². The maximum absolute atomic E-state index is 9.21. The van der Waals surface area contributed by atoms with Crippen LogP contribution in [0.1, 0.15) is 0 Å². The van der Waals surface area contributed by atoms with Crippen molar-refractivity contribution in [2.75, 3.05) is 11.9 Å². The van der Waals surface area contributed by atoms with E-state index in [4.69, 9.17) is 5.11 Å². The highest BCUT2D eigenvalue weighted by Gasteiger charge is 2.04. The summed E-state index contributed by atoms with van der Waals surface area (Å²) in [6.07, 6.45) is 1.47. The van der Waals surface area contributed by atoms with Gasteiger partial charge in [-0.3, -0.25) is 4.99 Å². The van der Waals surface area contributed by atoms with Crippen LogP contribution in [0.2, 0.25) is 0 Å². The van der Waals surface area contributed by atoms with Crippen molar-refractivity contribution in [3.63, 3.8) is 0 Å². The number of nitrogens with zero attached hydrogens (tertiary/aromatic N) is 2. The molecule has 0 atom stereocenters. The molecule has 14 heavy (non-hydrogen) atoms. The molecule has 0 bridgehead atoms. The van der Waals surface area contributed by atoms with Gasteiger partial charge in [0, 0.05) is 11.8 Å². The van der Waals surface area contributed by atoms with Crippen LogP contribution in [0, 0.1) is 0 Å². The molecule has 5 nitrogen and oxygen atoms in total. The zero-order valence-electron chi connectivity index (χ0n) is 7.31. The summed E-state index contributed by atoms with van der Waals surface area (Å²) < 4.78 is 0. The molecule has 0 aliphatic carbocycles. The minimum atomic E-state index is -0.158. The van der Waals surface area contributed by atoms with E-state index in [0.717, 1.165) is 5.84 Å². The highest BCUT2D eigenvalue weighted by Crippen LogP contribution is 2.27. The third-order valence-electron chi connectivity index (χ3n) is 1.80. The monoisotopic (exact) mass is 191 g/mol. The molecule has 0 spiro atoms. The van der Waals surface area contributed by atoms with E-state index in [-0.39, 0.29) is 11.5 Å². The number of rotatable bonds is 1. The molecule has 1 heterocycles. The molecule has 0 amide bonds. The molecule has 1 aliphatic rings. The lowest BCUT2D eigenvalue weighted by molar-refractivity contribution is 0.404. The van der Waals surface area contributed by atoms with E-state index >= 15 is 0 Å². The van der Waals surface area contributed by atoms with Crippen LogP contribution in [0.4, 0.5) is 5.69 Å². The van der Waals surface area contributed by atoms with Crippen LogP contribution in [0.3, 0.4) is 0 Å². The summed E-state index contributed by atoms with van der Waals surface area (Å²) in [6, 6.07) is 4.49. The number of aromatic hydroxyl groups is 2. The van der Waals surface area contributed by atoms with E-state index in [9.17, 15) is 5.11 Å². The molecule has 1 aromatic rings. The SMILES string of the molecule is Oc1ccc(NC2=NC=NC2)cc1O. The van der Waals surface area contributed by atoms with Gasteiger partial charge in [0.2, 0.25) is 0 Å². The Bertz CT molecular complexity index is 413. The first-order valence-electron chi connectivity index (χ1n) is 4.10. The maximum atomic E-state index is 9.21. The van der Waals surface area contributed by atoms with Crippen molar-refractivity contribution in [2.45, 2.75) is 0 Å². The van der Waals surface area contributed by atoms with Gasteiger partial charge in [-0.05, 0) is 12.1 Å². The number of benzene rings is 1. The summed E-state index contributed by atoms with van der Waals surface area (Å²) in [5.74, 6) is 0.421. The van der Waals surface area contributed by atoms with E-state index in [1.807, 2.05) is 0 Å². The lowest BCUT2D eigenvalue weighted by Crippen LogP contribution is -2.12. The molecule has 0 fully saturated rings. The van der Waals surface area contributed by atoms with Crippen molar-refractivity contribution in [1.82, 2.24) is 0 Å². The Kier molecular flexibility index (Phi) is 2.06. The minimum absolute atomic E-state index is 0.139. The van der Waals surface area contributed by atoms with Gasteiger partial charge >= 0.3 is 0 Å². The Morgan fingerprint density at radius 2 is 2.07 bits per heavy atom. The Labute approximate surface area is 80.4 Å². The van der Waals surface area contributed by atoms with Crippen LogP contribution < -0.4 is 5.32 Å². The van der Waals surface area contributed by atoms with Crippen molar-refractivity contribution in [3.8, 4) is 11.5 Å². The third kappa shape index (κ3) is 1.66. The Morgan fingerprint density at radius 3 is 2.71 bits per heavy atom. The summed E-state index contributed by atoms with van der Waals surface area (Å²) in [7, 11) is 0. The highest BCUT2D eigenvalue weighted by molar-refractivity contribution is 6.03. The molecule has 72 valence electrons. The van der Waals surface area contributed by atoms with E-state index in [1.165, 1.54) is 18.5 Å². The molecule has 2 rings (SSSR count). The van der Waals surface area contributed by atoms with Crippen LogP contribution in [0.25, 0.3) is 0 Å². The lowest BCUT2D eigenvalue weighted by Gasteiger charge is -2.05. The number of hydrogen-bond acceptors (Lipinski definition) is 5. The average molecular weight is 191 g/mol. The molecule has 0 aromatic heterocycles. The normalized spacial score (nSPS) is 14.1. The van der Waals surface area contributed by atoms with Gasteiger partial charge in [-0.15, -0.1) is 0 Å². The fraction of sp³-hybridized carbons (Fsp3) is 0.111. The van der Waals surface area contributed by atoms with Crippen LogP contribution in [-0.2, 0) is 0 Å². The highest BCUT2D eigenvalue weighted by atomic mass is 16.3. The van der Waals surface area contributed by atoms with Gasteiger partial charge in [0.1, 0.15) is 12.2 Å². The molecular weight excluding hydrogens is 182 g/mol. The minimum Gasteiger partial charge on any atom is -0.504 e. The second-order valence-corrected chi connectivity index (χ2v) is 2.86. The topological polar surface area (TPSA) is 77.2 Å². The Morgan fingerprint density at radius 1 is 1.21 bits per heavy atom. The van der Waals surface area contributed by atoms with Crippen LogP contribution in [-0.4, -0.2) is 28.9 Å². The van der Waals surface area contributed by atoms with Crippen molar-refractivity contribution in [3.05, 3.63) is 18.2 Å². The van der Waals surface area contributed by atoms with E-state index < -0.39 is 0 Å². The smallest absolute Gasteiger partial charge is 0.159 e. The third-order valence-corrected chi connectivity index (χ3v) is 1.80. The Hall–Kier alpha value is -2.04. The molecule has 1 aromatic carbocycles. The standard InChI is InChI=1S/C9H9N3O2/c13-7-2-1-6(3-8(7)14)12-9-4-10-5-11-9/h1-3,5,13-14H,4H2,(H,10,11,12). The number of nitrogens with one attached hydrogen (secondary N) is 1. The Balaban J connectivity index is 2.14. The second kappa shape index (κ2) is 3.37. The molecule has 3 N–H and O–H groups in total. The fourth-order valence-electron chi connectivity index (χ4n) is 1.12. The zero-order chi connectivity index (χ0) is 9.97. The summed E-state index contributed by atoms with van der Waals surface area (Å²) in [5, 5.41) is 21.2. The van der Waals surface area contributed by atoms with E-state index in [0.29, 0.717) is 12.2 Å². The fourth-order valence-corrected chi connectivity index (χ4v) is 1.12. The molecule has 0 saturated carbocycles. The number of aliphatic imine (C=N–C) groups is 2. The molecule has 0 saturated heterocycles. The predicted molar refractivity (Wildman–Crippen MR) is 54.2 cm³/mol. The molecule has 5 heteroatoms. The largest absolute Gasteiger partial charge is 0.504 e. The summed E-state index contributed by atoms with van der Waals surface area (Å²) >= 11 is 0. The number of phenolic OH excluding ortho intramolecular Hbond substituents is 2. The molecular formula is C9H9N3O2. The first-order valence-corrected chi connectivity index (χ1v) is 4.10. The lowest BCUT2D eigenvalue weighted by atomic mass is 10.3. The van der Waals surface area contributed by atoms with Gasteiger partial charge in [0.15, 0.2) is 11.5 Å². The summed E-state index contributed by atoms with van der Waals surface area (Å²) in [5.41, 5.74) is 0.671. The van der Waals surface area contributed by atoms with Gasteiger partial charge in [-0.25, -0.2) is 4.99 Å².